The quantitative estimate of drug-likeness (QED) is 0.0258. The second-order valence-corrected chi connectivity index (χ2v) is 26.1. The van der Waals surface area contributed by atoms with Gasteiger partial charge in [0.15, 0.2) is 0 Å². The van der Waals surface area contributed by atoms with Crippen LogP contribution in [0.25, 0.3) is 21.6 Å². The number of likely N-dealkylation sites (tertiary alicyclic amines) is 1. The van der Waals surface area contributed by atoms with E-state index in [1.807, 2.05) is 95.7 Å². The zero-order valence-corrected chi connectivity index (χ0v) is 53.8. The summed E-state index contributed by atoms with van der Waals surface area (Å²) in [6, 6.07) is 19.9. The van der Waals surface area contributed by atoms with Crippen molar-refractivity contribution >= 4 is 58.2 Å². The summed E-state index contributed by atoms with van der Waals surface area (Å²) in [5, 5.41) is 11.9. The molecule has 0 spiro atoms. The Bertz CT molecular complexity index is 3330. The van der Waals surface area contributed by atoms with Crippen LogP contribution in [0.15, 0.2) is 89.3 Å². The standard InChI is InChI=1S/C67H88F3N11O8S/c1-44(48-20-22-49(23-21-48)61-45(2)73-43-90-61)74-64(87)57-38-52(89-46(3)82)42-81(57)65(88)62(66(4,5)6)76-59(84)19-14-12-10-8-9-11-13-18-58(83)71-26-27-78-30-32-79(33-31-78)41-47-16-15-17-50(36-47)51-24-25-56(80-34-28-77(7)29-35-80)55(37-51)75-63(86)53-40-72-60(85)39-54(53)67(68,69)70/h15-17,20-25,36-37,39-40,43-44,52,57,62H,8-14,18-19,26-35,38,41-42H2,1-7H3,(H,71,83)(H,72,85)(H,74,87)(H,75,86)(H,76,84)/t44-,52?,57?,62?/m0/s1. The van der Waals surface area contributed by atoms with E-state index in [1.54, 1.807) is 17.4 Å². The minimum absolute atomic E-state index is 0.0341. The number of halogens is 3. The van der Waals surface area contributed by atoms with Crippen molar-refractivity contribution in [3.63, 3.8) is 0 Å². The third-order valence-electron chi connectivity index (χ3n) is 17.1. The van der Waals surface area contributed by atoms with E-state index >= 15 is 0 Å². The number of hydrogen-bond donors (Lipinski definition) is 5. The first-order chi connectivity index (χ1) is 42.9. The second-order valence-electron chi connectivity index (χ2n) is 25.2. The fraction of sp³-hybridized carbons (Fsp3) is 0.522. The molecule has 19 nitrogen and oxygen atoms in total. The zero-order valence-electron chi connectivity index (χ0n) is 52.9. The number of aromatic nitrogens is 2. The van der Waals surface area contributed by atoms with Crippen molar-refractivity contribution in [1.29, 1.82) is 0 Å². The molecular formula is C67H88F3N11O8S. The molecule has 8 rings (SSSR count). The van der Waals surface area contributed by atoms with Crippen LogP contribution < -0.4 is 31.7 Å². The van der Waals surface area contributed by atoms with Gasteiger partial charge in [-0.15, -0.1) is 11.3 Å². The maximum absolute atomic E-state index is 14.4. The summed E-state index contributed by atoms with van der Waals surface area (Å²) in [5.74, 6) is -2.45. The molecule has 3 aliphatic rings. The molecular weight excluding hydrogens is 1180 g/mol. The summed E-state index contributed by atoms with van der Waals surface area (Å²) in [4.78, 5) is 110. The van der Waals surface area contributed by atoms with E-state index in [0.29, 0.717) is 56.5 Å². The molecule has 4 atom stereocenters. The maximum atomic E-state index is 14.4. The summed E-state index contributed by atoms with van der Waals surface area (Å²) in [5.41, 5.74) is 4.91. The van der Waals surface area contributed by atoms with Crippen molar-refractivity contribution in [3.8, 4) is 21.6 Å². The van der Waals surface area contributed by atoms with Crippen LogP contribution >= 0.6 is 11.3 Å². The number of aryl methyl sites for hydroxylation is 1. The van der Waals surface area contributed by atoms with Gasteiger partial charge in [0.25, 0.3) is 5.91 Å². The number of thiazole rings is 1. The van der Waals surface area contributed by atoms with Crippen LogP contribution in [0.2, 0.25) is 0 Å². The zero-order chi connectivity index (χ0) is 64.7. The van der Waals surface area contributed by atoms with Crippen LogP contribution in [-0.2, 0) is 41.4 Å². The Hall–Kier alpha value is -7.47. The molecule has 3 fully saturated rings. The number of benzene rings is 3. The Labute approximate surface area is 529 Å². The van der Waals surface area contributed by atoms with E-state index in [2.05, 4.69) is 63.0 Å². The molecule has 0 radical (unpaired) electrons. The van der Waals surface area contributed by atoms with Crippen molar-refractivity contribution < 1.29 is 46.7 Å². The normalized spacial score (nSPS) is 17.6. The third kappa shape index (κ3) is 19.3. The Morgan fingerprint density at radius 3 is 2.07 bits per heavy atom. The number of nitrogens with zero attached hydrogens (tertiary/aromatic N) is 6. The number of ether oxygens (including phenoxy) is 1. The Morgan fingerprint density at radius 1 is 0.778 bits per heavy atom. The molecule has 5 aromatic rings. The number of likely N-dealkylation sites (N-methyl/N-ethyl adjacent to an activating group) is 1. The van der Waals surface area contributed by atoms with Gasteiger partial charge in [0.05, 0.1) is 51.2 Å². The van der Waals surface area contributed by atoms with Crippen LogP contribution in [0.4, 0.5) is 24.5 Å². The number of rotatable bonds is 26. The number of amides is 5. The van der Waals surface area contributed by atoms with Gasteiger partial charge in [-0.05, 0) is 85.2 Å². The maximum Gasteiger partial charge on any atom is 0.417 e. The van der Waals surface area contributed by atoms with Gasteiger partial charge in [0, 0.05) is 110 Å². The number of H-pyrrole nitrogens is 1. The number of carbonyl (C=O) groups excluding carboxylic acids is 6. The van der Waals surface area contributed by atoms with Gasteiger partial charge in [0.2, 0.25) is 29.2 Å². The Kier molecular flexibility index (Phi) is 24.0. The number of piperazine rings is 2. The first kappa shape index (κ1) is 68.4. The number of nitrogens with one attached hydrogen (secondary N) is 5. The van der Waals surface area contributed by atoms with Crippen LogP contribution in [-0.4, -0.2) is 162 Å². The number of anilines is 2. The highest BCUT2D eigenvalue weighted by atomic mass is 32.1. The SMILES string of the molecule is CC(=O)OC1CC(C(=O)N[C@@H](C)c2ccc(-c3scnc3C)cc2)N(C(=O)C(NC(=O)CCCCCCCCCC(=O)NCCN2CCN(Cc3cccc(-c4ccc(N5CCN(C)CC5)c(NC(=O)c5c[nH]c(=O)cc5C(F)(F)F)c4)c3)CC2)C(C)(C)C)C1. The summed E-state index contributed by atoms with van der Waals surface area (Å²) in [7, 11) is 2.02. The fourth-order valence-corrected chi connectivity index (χ4v) is 12.8. The average Bonchev–Trinajstić information content (AvgIpc) is 1.43. The third-order valence-corrected chi connectivity index (χ3v) is 18.1. The van der Waals surface area contributed by atoms with E-state index in [1.165, 1.54) is 11.8 Å². The lowest BCUT2D eigenvalue weighted by Gasteiger charge is -2.35. The summed E-state index contributed by atoms with van der Waals surface area (Å²) in [6.07, 6.45) is 2.21. The molecule has 23 heteroatoms. The smallest absolute Gasteiger partial charge is 0.417 e. The predicted octanol–water partition coefficient (Wildman–Crippen LogP) is 9.18. The van der Waals surface area contributed by atoms with Gasteiger partial charge in [-0.3, -0.25) is 43.4 Å². The van der Waals surface area contributed by atoms with Gasteiger partial charge >= 0.3 is 12.1 Å². The summed E-state index contributed by atoms with van der Waals surface area (Å²) < 4.78 is 47.4. The van der Waals surface area contributed by atoms with Crippen molar-refractivity contribution in [1.82, 2.24) is 45.5 Å². The van der Waals surface area contributed by atoms with E-state index < -0.39 is 64.2 Å². The monoisotopic (exact) mass is 1260 g/mol. The fourth-order valence-electron chi connectivity index (χ4n) is 12.0. The molecule has 3 saturated heterocycles. The molecule has 0 bridgehead atoms. The Balaban J connectivity index is 0.706. The van der Waals surface area contributed by atoms with Crippen LogP contribution in [0, 0.1) is 12.3 Å². The predicted molar refractivity (Wildman–Crippen MR) is 344 cm³/mol. The molecule has 3 aromatic carbocycles. The minimum Gasteiger partial charge on any atom is -0.461 e. The molecule has 3 aliphatic heterocycles. The van der Waals surface area contributed by atoms with Gasteiger partial charge in [-0.1, -0.05) is 101 Å². The van der Waals surface area contributed by atoms with Crippen molar-refractivity contribution in [2.45, 2.75) is 143 Å². The second kappa shape index (κ2) is 31.5. The van der Waals surface area contributed by atoms with E-state index in [-0.39, 0.29) is 43.1 Å². The van der Waals surface area contributed by atoms with E-state index in [0.717, 1.165) is 129 Å². The number of carbonyl (C=O) groups is 6. The highest BCUT2D eigenvalue weighted by Crippen LogP contribution is 2.36. The molecule has 90 heavy (non-hydrogen) atoms. The highest BCUT2D eigenvalue weighted by Gasteiger charge is 2.46. The van der Waals surface area contributed by atoms with Gasteiger partial charge in [-0.2, -0.15) is 13.2 Å². The number of aromatic amines is 1. The summed E-state index contributed by atoms with van der Waals surface area (Å²) in [6.45, 7) is 19.1. The average molecular weight is 1260 g/mol. The van der Waals surface area contributed by atoms with Crippen LogP contribution in [0.1, 0.15) is 138 Å². The van der Waals surface area contributed by atoms with Crippen molar-refractivity contribution in [2.75, 3.05) is 89.3 Å². The number of hydrogen-bond acceptors (Lipinski definition) is 14. The van der Waals surface area contributed by atoms with Gasteiger partial charge < -0.3 is 45.7 Å². The van der Waals surface area contributed by atoms with Gasteiger partial charge in [0.1, 0.15) is 18.2 Å². The number of unbranched alkanes of at least 4 members (excludes halogenated alkanes) is 6. The van der Waals surface area contributed by atoms with E-state index in [4.69, 9.17) is 4.74 Å². The molecule has 3 unspecified atom stereocenters. The first-order valence-corrected chi connectivity index (χ1v) is 32.4. The minimum atomic E-state index is -4.91. The number of esters is 1. The number of alkyl halides is 3. The van der Waals surface area contributed by atoms with Crippen molar-refractivity contribution in [2.24, 2.45) is 5.41 Å². The number of pyridine rings is 1. The van der Waals surface area contributed by atoms with Crippen LogP contribution in [0.5, 0.6) is 0 Å². The molecule has 0 aliphatic carbocycles. The first-order valence-electron chi connectivity index (χ1n) is 31.5. The lowest BCUT2D eigenvalue weighted by molar-refractivity contribution is -0.147. The molecule has 0 saturated carbocycles. The highest BCUT2D eigenvalue weighted by molar-refractivity contribution is 7.13. The van der Waals surface area contributed by atoms with Crippen molar-refractivity contribution in [3.05, 3.63) is 123 Å². The van der Waals surface area contributed by atoms with Gasteiger partial charge in [-0.25, -0.2) is 4.98 Å². The largest absolute Gasteiger partial charge is 0.461 e. The molecule has 5 heterocycles. The topological polar surface area (TPSA) is 222 Å². The van der Waals surface area contributed by atoms with Crippen LogP contribution in [0.3, 0.4) is 0 Å². The lowest BCUT2D eigenvalue weighted by Crippen LogP contribution is -2.57. The molecule has 2 aromatic heterocycles. The summed E-state index contributed by atoms with van der Waals surface area (Å²) >= 11 is 1.57. The molecule has 5 amide bonds. The molecule has 5 N–H and O–H groups in total. The van der Waals surface area contributed by atoms with E-state index in [9.17, 15) is 46.7 Å². The Morgan fingerprint density at radius 2 is 1.42 bits per heavy atom. The molecule has 486 valence electrons. The lowest BCUT2D eigenvalue weighted by atomic mass is 9.85.